The number of carboxylic acid groups (broad SMARTS) is 1. The molecule has 1 N–H and O–H groups in total. The maximum absolute atomic E-state index is 11.0. The third-order valence-corrected chi connectivity index (χ3v) is 3.22. The maximum Gasteiger partial charge on any atom is 0.335 e. The number of aromatic carboxylic acids is 1. The highest BCUT2D eigenvalue weighted by Crippen LogP contribution is 2.23. The highest BCUT2D eigenvalue weighted by Gasteiger charge is 2.16. The molecule has 0 amide bonds. The van der Waals surface area contributed by atoms with Crippen molar-refractivity contribution in [2.24, 2.45) is 0 Å². The van der Waals surface area contributed by atoms with E-state index >= 15 is 0 Å². The molecule has 5 heteroatoms. The minimum Gasteiger partial charge on any atom is -0.478 e. The summed E-state index contributed by atoms with van der Waals surface area (Å²) in [6, 6.07) is 4.97. The predicted octanol–water partition coefficient (Wildman–Crippen LogP) is 1.79. The zero-order valence-corrected chi connectivity index (χ0v) is 10.4. The molecule has 1 saturated heterocycles. The molecule has 1 aromatic rings. The van der Waals surface area contributed by atoms with Gasteiger partial charge in [0.1, 0.15) is 0 Å². The van der Waals surface area contributed by atoms with Crippen molar-refractivity contribution in [2.45, 2.75) is 0 Å². The van der Waals surface area contributed by atoms with E-state index in [1.807, 2.05) is 6.07 Å². The molecule has 1 heterocycles. The fourth-order valence-electron chi connectivity index (χ4n) is 1.94. The van der Waals surface area contributed by atoms with Gasteiger partial charge in [0, 0.05) is 36.9 Å². The Morgan fingerprint density at radius 3 is 2.47 bits per heavy atom. The Morgan fingerprint density at radius 1 is 1.24 bits per heavy atom. The smallest absolute Gasteiger partial charge is 0.335 e. The lowest BCUT2D eigenvalue weighted by atomic mass is 10.1. The van der Waals surface area contributed by atoms with Gasteiger partial charge in [0.05, 0.1) is 5.56 Å². The Balaban J connectivity index is 2.23. The van der Waals surface area contributed by atoms with Crippen LogP contribution in [0.1, 0.15) is 10.4 Å². The van der Waals surface area contributed by atoms with Crippen LogP contribution in [0.3, 0.4) is 0 Å². The molecule has 0 unspecified atom stereocenters. The van der Waals surface area contributed by atoms with Gasteiger partial charge in [-0.1, -0.05) is 11.6 Å². The maximum atomic E-state index is 11.0. The number of likely N-dealkylation sites (N-methyl/N-ethyl adjacent to an activating group) is 1. The second-order valence-corrected chi connectivity index (χ2v) is 4.73. The Kier molecular flexibility index (Phi) is 3.54. The Hall–Kier alpha value is -1.26. The summed E-state index contributed by atoms with van der Waals surface area (Å²) in [6.45, 7) is 3.76. The molecular weight excluding hydrogens is 240 g/mol. The van der Waals surface area contributed by atoms with E-state index in [-0.39, 0.29) is 5.56 Å². The number of carboxylic acids is 1. The molecule has 0 spiro atoms. The van der Waals surface area contributed by atoms with Gasteiger partial charge in [0.2, 0.25) is 0 Å². The van der Waals surface area contributed by atoms with Gasteiger partial charge < -0.3 is 14.9 Å². The molecule has 1 aliphatic heterocycles. The second-order valence-electron chi connectivity index (χ2n) is 4.29. The lowest BCUT2D eigenvalue weighted by Gasteiger charge is -2.34. The second kappa shape index (κ2) is 4.94. The summed E-state index contributed by atoms with van der Waals surface area (Å²) in [6.07, 6.45) is 0. The van der Waals surface area contributed by atoms with Gasteiger partial charge in [-0.3, -0.25) is 0 Å². The number of carbonyl (C=O) groups is 1. The van der Waals surface area contributed by atoms with Crippen LogP contribution in [-0.2, 0) is 0 Å². The summed E-state index contributed by atoms with van der Waals surface area (Å²) >= 11 is 5.94. The molecule has 2 rings (SSSR count). The van der Waals surface area contributed by atoms with E-state index in [9.17, 15) is 4.79 Å². The normalized spacial score (nSPS) is 17.2. The zero-order valence-electron chi connectivity index (χ0n) is 9.69. The van der Waals surface area contributed by atoms with Gasteiger partial charge in [0.15, 0.2) is 0 Å². The average Bonchev–Trinajstić information content (AvgIpc) is 2.29. The van der Waals surface area contributed by atoms with E-state index in [2.05, 4.69) is 16.8 Å². The lowest BCUT2D eigenvalue weighted by molar-refractivity contribution is 0.0697. The molecule has 4 nitrogen and oxygen atoms in total. The monoisotopic (exact) mass is 254 g/mol. The fraction of sp³-hybridized carbons (Fsp3) is 0.417. The third-order valence-electron chi connectivity index (χ3n) is 3.00. The first kappa shape index (κ1) is 12.2. The van der Waals surface area contributed by atoms with Crippen LogP contribution in [0.15, 0.2) is 18.2 Å². The number of hydrogen-bond acceptors (Lipinski definition) is 3. The molecule has 17 heavy (non-hydrogen) atoms. The van der Waals surface area contributed by atoms with Crippen LogP contribution >= 0.6 is 11.6 Å². The summed E-state index contributed by atoms with van der Waals surface area (Å²) in [5.41, 5.74) is 1.13. The van der Waals surface area contributed by atoms with Gasteiger partial charge in [-0.2, -0.15) is 0 Å². The van der Waals surface area contributed by atoms with Crippen molar-refractivity contribution in [3.63, 3.8) is 0 Å². The van der Waals surface area contributed by atoms with E-state index in [0.29, 0.717) is 5.02 Å². The highest BCUT2D eigenvalue weighted by atomic mass is 35.5. The number of halogens is 1. The number of nitrogens with zero attached hydrogens (tertiary/aromatic N) is 2. The van der Waals surface area contributed by atoms with Crippen LogP contribution < -0.4 is 4.90 Å². The molecule has 1 aliphatic rings. The Morgan fingerprint density at radius 2 is 1.88 bits per heavy atom. The van der Waals surface area contributed by atoms with Crippen LogP contribution in [0.4, 0.5) is 5.69 Å². The fourth-order valence-corrected chi connectivity index (χ4v) is 2.17. The summed E-state index contributed by atoms with van der Waals surface area (Å²) in [5, 5.41) is 9.46. The highest BCUT2D eigenvalue weighted by molar-refractivity contribution is 6.31. The molecule has 0 aliphatic carbocycles. The Bertz CT molecular complexity index is 429. The van der Waals surface area contributed by atoms with E-state index < -0.39 is 5.97 Å². The van der Waals surface area contributed by atoms with Crippen molar-refractivity contribution in [3.8, 4) is 0 Å². The molecule has 0 bridgehead atoms. The molecule has 92 valence electrons. The van der Waals surface area contributed by atoms with Gasteiger partial charge in [-0.05, 0) is 25.2 Å². The summed E-state index contributed by atoms with van der Waals surface area (Å²) in [5.74, 6) is -0.942. The standard InChI is InChI=1S/C12H15ClN2O2/c1-14-2-4-15(5-3-14)11-7-9(12(16)17)6-10(13)8-11/h6-8H,2-5H2,1H3,(H,16,17). The Labute approximate surface area is 105 Å². The molecule has 1 aromatic carbocycles. The van der Waals surface area contributed by atoms with Crippen molar-refractivity contribution in [1.82, 2.24) is 4.90 Å². The quantitative estimate of drug-likeness (QED) is 0.874. The van der Waals surface area contributed by atoms with Gasteiger partial charge in [-0.25, -0.2) is 4.79 Å². The van der Waals surface area contributed by atoms with E-state index in [0.717, 1.165) is 31.9 Å². The van der Waals surface area contributed by atoms with Crippen molar-refractivity contribution in [3.05, 3.63) is 28.8 Å². The summed E-state index contributed by atoms with van der Waals surface area (Å²) in [4.78, 5) is 15.4. The zero-order chi connectivity index (χ0) is 12.4. The summed E-state index contributed by atoms with van der Waals surface area (Å²) < 4.78 is 0. The van der Waals surface area contributed by atoms with Gasteiger partial charge in [0.25, 0.3) is 0 Å². The largest absolute Gasteiger partial charge is 0.478 e. The number of anilines is 1. The molecule has 0 aromatic heterocycles. The molecule has 1 fully saturated rings. The van der Waals surface area contributed by atoms with E-state index in [1.54, 1.807) is 6.07 Å². The van der Waals surface area contributed by atoms with Gasteiger partial charge >= 0.3 is 5.97 Å². The summed E-state index contributed by atoms with van der Waals surface area (Å²) in [7, 11) is 2.08. The topological polar surface area (TPSA) is 43.8 Å². The van der Waals surface area contributed by atoms with Crippen LogP contribution in [0.25, 0.3) is 0 Å². The van der Waals surface area contributed by atoms with Crippen molar-refractivity contribution in [1.29, 1.82) is 0 Å². The minimum atomic E-state index is -0.942. The molecule has 0 saturated carbocycles. The van der Waals surface area contributed by atoms with Crippen molar-refractivity contribution >= 4 is 23.3 Å². The first-order valence-corrected chi connectivity index (χ1v) is 5.91. The van der Waals surface area contributed by atoms with Gasteiger partial charge in [-0.15, -0.1) is 0 Å². The number of benzene rings is 1. The average molecular weight is 255 g/mol. The predicted molar refractivity (Wildman–Crippen MR) is 68.1 cm³/mol. The van der Waals surface area contributed by atoms with Crippen LogP contribution in [0.5, 0.6) is 0 Å². The van der Waals surface area contributed by atoms with Crippen LogP contribution in [-0.4, -0.2) is 49.2 Å². The molecular formula is C12H15ClN2O2. The number of rotatable bonds is 2. The van der Waals surface area contributed by atoms with Crippen molar-refractivity contribution in [2.75, 3.05) is 38.1 Å². The lowest BCUT2D eigenvalue weighted by Crippen LogP contribution is -2.44. The number of hydrogen-bond donors (Lipinski definition) is 1. The van der Waals surface area contributed by atoms with Crippen LogP contribution in [0.2, 0.25) is 5.02 Å². The first-order valence-electron chi connectivity index (χ1n) is 5.53. The van der Waals surface area contributed by atoms with Crippen LogP contribution in [0, 0.1) is 0 Å². The number of piperazine rings is 1. The van der Waals surface area contributed by atoms with E-state index in [1.165, 1.54) is 6.07 Å². The third kappa shape index (κ3) is 2.90. The minimum absolute atomic E-state index is 0.242. The van der Waals surface area contributed by atoms with E-state index in [4.69, 9.17) is 16.7 Å². The SMILES string of the molecule is CN1CCN(c2cc(Cl)cc(C(=O)O)c2)CC1. The first-order chi connectivity index (χ1) is 8.06. The molecule has 0 atom stereocenters. The molecule has 0 radical (unpaired) electrons. The van der Waals surface area contributed by atoms with Crippen molar-refractivity contribution < 1.29 is 9.90 Å².